The summed E-state index contributed by atoms with van der Waals surface area (Å²) in [4.78, 5) is 50.1. The quantitative estimate of drug-likeness (QED) is 0.722. The number of fused-ring (bicyclic) bond motifs is 1. The minimum atomic E-state index is -1.07. The summed E-state index contributed by atoms with van der Waals surface area (Å²) in [5, 5.41) is 11.8. The van der Waals surface area contributed by atoms with E-state index in [9.17, 15) is 24.3 Å². The van der Waals surface area contributed by atoms with Gasteiger partial charge in [-0.05, 0) is 49.8 Å². The van der Waals surface area contributed by atoms with Crippen molar-refractivity contribution >= 4 is 23.7 Å². The number of hydrogen-bond acceptors (Lipinski definition) is 5. The number of nitrogens with one attached hydrogen (secondary N) is 1. The van der Waals surface area contributed by atoms with Crippen LogP contribution in [0.4, 0.5) is 0 Å². The van der Waals surface area contributed by atoms with Crippen molar-refractivity contribution in [2.75, 3.05) is 13.2 Å². The highest BCUT2D eigenvalue weighted by Crippen LogP contribution is 2.33. The summed E-state index contributed by atoms with van der Waals surface area (Å²) in [6, 6.07) is 3.33. The number of aliphatic carboxylic acids is 1. The number of carbonyl (C=O) groups is 4. The Kier molecular flexibility index (Phi) is 4.43. The monoisotopic (exact) mass is 372 g/mol. The van der Waals surface area contributed by atoms with Gasteiger partial charge in [0.05, 0.1) is 23.8 Å². The largest absolute Gasteiger partial charge is 0.480 e. The first-order valence-corrected chi connectivity index (χ1v) is 9.11. The molecule has 2 aliphatic heterocycles. The molecule has 27 heavy (non-hydrogen) atoms. The van der Waals surface area contributed by atoms with Gasteiger partial charge in [0.25, 0.3) is 17.7 Å². The van der Waals surface area contributed by atoms with Gasteiger partial charge in [0.15, 0.2) is 0 Å². The second kappa shape index (κ2) is 6.77. The van der Waals surface area contributed by atoms with Crippen molar-refractivity contribution in [3.05, 3.63) is 34.9 Å². The Hall–Kier alpha value is -2.74. The molecule has 4 rings (SSSR count). The molecular weight excluding hydrogens is 352 g/mol. The number of amides is 3. The SMILES string of the molecule is O=C(NC(C(=O)O)C1CC1)c1ccc2c(c1)C(=O)N(CC1CCCO1)C2=O. The minimum Gasteiger partial charge on any atom is -0.480 e. The number of benzene rings is 1. The van der Waals surface area contributed by atoms with Crippen molar-refractivity contribution < 1.29 is 29.0 Å². The number of carboxylic acids is 1. The van der Waals surface area contributed by atoms with E-state index in [0.717, 1.165) is 30.6 Å². The van der Waals surface area contributed by atoms with Crippen LogP contribution in [0.5, 0.6) is 0 Å². The first-order valence-electron chi connectivity index (χ1n) is 9.11. The lowest BCUT2D eigenvalue weighted by atomic mass is 10.0. The van der Waals surface area contributed by atoms with E-state index in [2.05, 4.69) is 5.32 Å². The third-order valence-electron chi connectivity index (χ3n) is 5.29. The van der Waals surface area contributed by atoms with Crippen molar-refractivity contribution in [1.29, 1.82) is 0 Å². The summed E-state index contributed by atoms with van der Waals surface area (Å²) >= 11 is 0. The van der Waals surface area contributed by atoms with Gasteiger partial charge in [-0.25, -0.2) is 4.79 Å². The second-order valence-electron chi connectivity index (χ2n) is 7.24. The Morgan fingerprint density at radius 3 is 2.56 bits per heavy atom. The third kappa shape index (κ3) is 3.32. The molecule has 2 unspecified atom stereocenters. The number of rotatable bonds is 6. The molecule has 0 bridgehead atoms. The highest BCUT2D eigenvalue weighted by Gasteiger charge is 2.39. The summed E-state index contributed by atoms with van der Waals surface area (Å²) in [5.41, 5.74) is 0.594. The molecule has 0 radical (unpaired) electrons. The summed E-state index contributed by atoms with van der Waals surface area (Å²) in [5.74, 6) is -2.52. The number of carboxylic acid groups (broad SMARTS) is 1. The minimum absolute atomic E-state index is 0.0500. The molecule has 0 spiro atoms. The van der Waals surface area contributed by atoms with Gasteiger partial charge in [-0.3, -0.25) is 19.3 Å². The average Bonchev–Trinajstić information content (AvgIpc) is 3.31. The topological polar surface area (TPSA) is 113 Å². The van der Waals surface area contributed by atoms with Crippen LogP contribution in [0.3, 0.4) is 0 Å². The van der Waals surface area contributed by atoms with E-state index in [1.165, 1.54) is 18.2 Å². The zero-order valence-corrected chi connectivity index (χ0v) is 14.6. The van der Waals surface area contributed by atoms with Crippen LogP contribution in [0.1, 0.15) is 56.8 Å². The number of ether oxygens (including phenoxy) is 1. The van der Waals surface area contributed by atoms with E-state index in [1.54, 1.807) is 0 Å². The molecule has 2 atom stereocenters. The smallest absolute Gasteiger partial charge is 0.326 e. The van der Waals surface area contributed by atoms with Crippen molar-refractivity contribution in [2.45, 2.75) is 37.8 Å². The number of hydrogen-bond donors (Lipinski definition) is 2. The van der Waals surface area contributed by atoms with Crippen LogP contribution >= 0.6 is 0 Å². The van der Waals surface area contributed by atoms with Crippen LogP contribution in [-0.2, 0) is 9.53 Å². The van der Waals surface area contributed by atoms with Gasteiger partial charge >= 0.3 is 5.97 Å². The van der Waals surface area contributed by atoms with Gasteiger partial charge in [0.1, 0.15) is 6.04 Å². The maximum atomic E-state index is 12.6. The molecule has 8 heteroatoms. The van der Waals surface area contributed by atoms with E-state index in [1.807, 2.05) is 0 Å². The third-order valence-corrected chi connectivity index (χ3v) is 5.29. The van der Waals surface area contributed by atoms with Crippen LogP contribution in [0.15, 0.2) is 18.2 Å². The van der Waals surface area contributed by atoms with Gasteiger partial charge in [-0.1, -0.05) is 0 Å². The standard InChI is InChI=1S/C19H20N2O6/c22-16(20-15(19(25)26)10-3-4-10)11-5-6-13-14(8-11)18(24)21(17(13)23)9-12-2-1-7-27-12/h5-6,8,10,12,15H,1-4,7,9H2,(H,20,22)(H,25,26). The lowest BCUT2D eigenvalue weighted by Crippen LogP contribution is -2.42. The van der Waals surface area contributed by atoms with Crippen LogP contribution in [-0.4, -0.2) is 59.0 Å². The van der Waals surface area contributed by atoms with E-state index < -0.39 is 23.8 Å². The van der Waals surface area contributed by atoms with Crippen LogP contribution in [0, 0.1) is 5.92 Å². The molecule has 1 aromatic rings. The Morgan fingerprint density at radius 1 is 1.19 bits per heavy atom. The fourth-order valence-corrected chi connectivity index (χ4v) is 3.63. The van der Waals surface area contributed by atoms with Gasteiger partial charge < -0.3 is 15.2 Å². The molecule has 2 N–H and O–H groups in total. The molecular formula is C19H20N2O6. The van der Waals surface area contributed by atoms with E-state index in [-0.39, 0.29) is 41.2 Å². The first kappa shape index (κ1) is 17.7. The number of nitrogens with zero attached hydrogens (tertiary/aromatic N) is 1. The van der Waals surface area contributed by atoms with Crippen molar-refractivity contribution in [1.82, 2.24) is 10.2 Å². The fourth-order valence-electron chi connectivity index (χ4n) is 3.63. The lowest BCUT2D eigenvalue weighted by Gasteiger charge is -2.17. The van der Waals surface area contributed by atoms with E-state index in [4.69, 9.17) is 4.74 Å². The van der Waals surface area contributed by atoms with Crippen molar-refractivity contribution in [2.24, 2.45) is 5.92 Å². The Morgan fingerprint density at radius 2 is 1.93 bits per heavy atom. The summed E-state index contributed by atoms with van der Waals surface area (Å²) in [6.45, 7) is 0.834. The molecule has 1 aromatic carbocycles. The van der Waals surface area contributed by atoms with E-state index >= 15 is 0 Å². The molecule has 2 fully saturated rings. The van der Waals surface area contributed by atoms with Crippen molar-refractivity contribution in [3.8, 4) is 0 Å². The van der Waals surface area contributed by atoms with E-state index in [0.29, 0.717) is 6.61 Å². The molecule has 0 aromatic heterocycles. The maximum absolute atomic E-state index is 12.6. The van der Waals surface area contributed by atoms with Crippen molar-refractivity contribution in [3.63, 3.8) is 0 Å². The number of imide groups is 1. The summed E-state index contributed by atoms with van der Waals surface area (Å²) in [6.07, 6.45) is 3.10. The fraction of sp³-hybridized carbons (Fsp3) is 0.474. The van der Waals surface area contributed by atoms with Gasteiger partial charge in [0.2, 0.25) is 0 Å². The average molecular weight is 372 g/mol. The van der Waals surface area contributed by atoms with Gasteiger partial charge in [0, 0.05) is 12.2 Å². The molecule has 3 amide bonds. The zero-order valence-electron chi connectivity index (χ0n) is 14.6. The molecule has 1 aliphatic carbocycles. The maximum Gasteiger partial charge on any atom is 0.326 e. The van der Waals surface area contributed by atoms with Gasteiger partial charge in [-0.2, -0.15) is 0 Å². The highest BCUT2D eigenvalue weighted by molar-refractivity contribution is 6.22. The summed E-state index contributed by atoms with van der Waals surface area (Å²) < 4.78 is 5.50. The first-order chi connectivity index (χ1) is 13.0. The molecule has 1 saturated carbocycles. The molecule has 142 valence electrons. The lowest BCUT2D eigenvalue weighted by molar-refractivity contribution is -0.139. The Bertz CT molecular complexity index is 825. The Labute approximate surface area is 155 Å². The predicted molar refractivity (Wildman–Crippen MR) is 92.4 cm³/mol. The van der Waals surface area contributed by atoms with Gasteiger partial charge in [-0.15, -0.1) is 0 Å². The molecule has 2 heterocycles. The molecule has 8 nitrogen and oxygen atoms in total. The second-order valence-corrected chi connectivity index (χ2v) is 7.24. The highest BCUT2D eigenvalue weighted by atomic mass is 16.5. The molecule has 3 aliphatic rings. The summed E-state index contributed by atoms with van der Waals surface area (Å²) in [7, 11) is 0. The number of carbonyl (C=O) groups excluding carboxylic acids is 3. The normalized spacial score (nSPS) is 22.7. The van der Waals surface area contributed by atoms with Crippen LogP contribution in [0.2, 0.25) is 0 Å². The molecule has 1 saturated heterocycles. The predicted octanol–water partition coefficient (Wildman–Crippen LogP) is 1.05. The Balaban J connectivity index is 1.51. The zero-order chi connectivity index (χ0) is 19.1. The van der Waals surface area contributed by atoms with Crippen LogP contribution in [0.25, 0.3) is 0 Å². The van der Waals surface area contributed by atoms with Crippen LogP contribution < -0.4 is 5.32 Å².